The van der Waals surface area contributed by atoms with E-state index in [4.69, 9.17) is 4.74 Å². The largest absolute Gasteiger partial charge is 0.477 e. The van der Waals surface area contributed by atoms with Crippen molar-refractivity contribution in [3.63, 3.8) is 0 Å². The molecule has 6 rings (SSSR count). The Morgan fingerprint density at radius 3 is 1.98 bits per heavy atom. The molecule has 3 N–H and O–H groups in total. The van der Waals surface area contributed by atoms with Gasteiger partial charge >= 0.3 is 11.9 Å². The number of rotatable bonds is 12. The second-order valence-electron chi connectivity index (χ2n) is 11.4. The molecule has 4 amide bonds. The van der Waals surface area contributed by atoms with E-state index in [0.717, 1.165) is 9.80 Å². The van der Waals surface area contributed by atoms with Gasteiger partial charge in [-0.15, -0.1) is 11.8 Å². The van der Waals surface area contributed by atoms with Gasteiger partial charge in [0.1, 0.15) is 23.2 Å². The van der Waals surface area contributed by atoms with E-state index >= 15 is 0 Å². The molecule has 1 saturated heterocycles. The van der Waals surface area contributed by atoms with Crippen molar-refractivity contribution >= 4 is 47.3 Å². The second kappa shape index (κ2) is 13.8. The molecular formula is C35H31N3O9S. The maximum Gasteiger partial charge on any atom is 0.352 e. The molecule has 3 aromatic carbocycles. The van der Waals surface area contributed by atoms with Crippen molar-refractivity contribution in [2.45, 2.75) is 42.8 Å². The van der Waals surface area contributed by atoms with Gasteiger partial charge in [0.2, 0.25) is 5.91 Å². The summed E-state index contributed by atoms with van der Waals surface area (Å²) in [6.45, 7) is -0.504. The van der Waals surface area contributed by atoms with Crippen LogP contribution in [-0.4, -0.2) is 85.4 Å². The molecule has 246 valence electrons. The van der Waals surface area contributed by atoms with Crippen LogP contribution in [-0.2, 0) is 23.9 Å². The van der Waals surface area contributed by atoms with Crippen LogP contribution >= 0.6 is 11.8 Å². The highest BCUT2D eigenvalue weighted by Gasteiger charge is 2.54. The first-order valence-electron chi connectivity index (χ1n) is 15.3. The molecule has 0 aromatic heterocycles. The molecule has 3 heterocycles. The van der Waals surface area contributed by atoms with Crippen molar-refractivity contribution in [3.8, 4) is 0 Å². The summed E-state index contributed by atoms with van der Waals surface area (Å²) < 4.78 is 6.05. The van der Waals surface area contributed by atoms with E-state index in [1.54, 1.807) is 36.4 Å². The summed E-state index contributed by atoms with van der Waals surface area (Å²) in [6, 6.07) is 22.1. The van der Waals surface area contributed by atoms with E-state index in [9.17, 15) is 39.0 Å². The molecule has 0 bridgehead atoms. The number of amides is 4. The fourth-order valence-corrected chi connectivity index (χ4v) is 7.46. The Hall–Kier alpha value is -5.27. The van der Waals surface area contributed by atoms with E-state index in [-0.39, 0.29) is 47.4 Å². The fourth-order valence-electron chi connectivity index (χ4n) is 6.13. The lowest BCUT2D eigenvalue weighted by molar-refractivity contribution is -0.152. The first-order chi connectivity index (χ1) is 23.2. The summed E-state index contributed by atoms with van der Waals surface area (Å²) in [5, 5.41) is 21.1. The Morgan fingerprint density at radius 2 is 1.44 bits per heavy atom. The Morgan fingerprint density at radius 1 is 0.875 bits per heavy atom. The Bertz CT molecular complexity index is 1740. The van der Waals surface area contributed by atoms with Gasteiger partial charge in [0.05, 0.1) is 17.7 Å². The molecule has 0 saturated carbocycles. The van der Waals surface area contributed by atoms with Gasteiger partial charge in [0.25, 0.3) is 17.7 Å². The Kier molecular flexibility index (Phi) is 9.42. The van der Waals surface area contributed by atoms with Gasteiger partial charge in [-0.25, -0.2) is 9.59 Å². The fraction of sp³-hybridized carbons (Fsp3) is 0.257. The van der Waals surface area contributed by atoms with Crippen LogP contribution in [0.5, 0.6) is 0 Å². The third-order valence-electron chi connectivity index (χ3n) is 8.49. The molecule has 3 aromatic rings. The minimum atomic E-state index is -1.35. The number of nitrogens with zero attached hydrogens (tertiary/aromatic N) is 2. The standard InChI is InChI=1S/C35H31N3O9S/c39-18-22-19-48-33-27(32(43)38(33)28(22)34(44)45)36-26(40)17-9-16-25(37-30(41)23-14-7-8-15-24(23)31(37)42)35(46)47-29(20-10-3-1-4-11-20)21-12-5-2-6-13-21/h1-8,10-15,25,27,29,33,39H,9,16-19H2,(H,36,40)(H,44,45)/t25?,27?,33-/m0/s1. The number of aliphatic carboxylic acids is 1. The minimum absolute atomic E-state index is 0.0533. The molecule has 3 aliphatic heterocycles. The molecule has 1 fully saturated rings. The maximum absolute atomic E-state index is 14.0. The number of aliphatic hydroxyl groups excluding tert-OH is 1. The van der Waals surface area contributed by atoms with Crippen LogP contribution in [0.3, 0.4) is 0 Å². The molecule has 48 heavy (non-hydrogen) atoms. The Balaban J connectivity index is 1.18. The van der Waals surface area contributed by atoms with Crippen molar-refractivity contribution in [1.82, 2.24) is 15.1 Å². The van der Waals surface area contributed by atoms with Crippen molar-refractivity contribution in [2.75, 3.05) is 12.4 Å². The number of hydrogen-bond donors (Lipinski definition) is 3. The lowest BCUT2D eigenvalue weighted by atomic mass is 10.0. The number of carbonyl (C=O) groups is 6. The van der Waals surface area contributed by atoms with Crippen molar-refractivity contribution < 1.29 is 43.7 Å². The van der Waals surface area contributed by atoms with Gasteiger partial charge in [-0.05, 0) is 41.7 Å². The first kappa shape index (κ1) is 32.7. The summed E-state index contributed by atoms with van der Waals surface area (Å²) >= 11 is 1.23. The smallest absolute Gasteiger partial charge is 0.352 e. The number of carboxylic acids is 1. The molecule has 12 nitrogen and oxygen atoms in total. The molecule has 3 atom stereocenters. The molecule has 3 aliphatic rings. The average molecular weight is 670 g/mol. The zero-order valence-electron chi connectivity index (χ0n) is 25.5. The van der Waals surface area contributed by atoms with Crippen LogP contribution in [0.2, 0.25) is 0 Å². The molecule has 2 unspecified atom stereocenters. The quantitative estimate of drug-likeness (QED) is 0.148. The van der Waals surface area contributed by atoms with Gasteiger partial charge in [0.15, 0.2) is 6.10 Å². The average Bonchev–Trinajstić information content (AvgIpc) is 3.36. The SMILES string of the molecule is O=C(CCCC(C(=O)OC(c1ccccc1)c1ccccc1)N1C(=O)c2ccccc2C1=O)NC1C(=O)N2C(C(=O)O)=C(CO)CS[C@@H]12. The number of thioether (sulfide) groups is 1. The normalized spacial score (nSPS) is 19.1. The van der Waals surface area contributed by atoms with Crippen LogP contribution in [0.4, 0.5) is 0 Å². The number of nitrogens with one attached hydrogen (secondary N) is 1. The summed E-state index contributed by atoms with van der Waals surface area (Å²) in [5.41, 5.74) is 1.64. The predicted molar refractivity (Wildman–Crippen MR) is 172 cm³/mol. The number of carbonyl (C=O) groups excluding carboxylic acids is 5. The molecular weight excluding hydrogens is 638 g/mol. The van der Waals surface area contributed by atoms with Gasteiger partial charge in [-0.1, -0.05) is 72.8 Å². The number of β-lactam (4-membered cyclic amide) rings is 1. The summed E-state index contributed by atoms with van der Waals surface area (Å²) in [7, 11) is 0. The monoisotopic (exact) mass is 669 g/mol. The lowest BCUT2D eigenvalue weighted by Crippen LogP contribution is -2.70. The molecule has 13 heteroatoms. The molecule has 0 aliphatic carbocycles. The third-order valence-corrected chi connectivity index (χ3v) is 9.83. The number of fused-ring (bicyclic) bond motifs is 2. The summed E-state index contributed by atoms with van der Waals surface area (Å²) in [5.74, 6) is -4.38. The zero-order valence-corrected chi connectivity index (χ0v) is 26.3. The first-order valence-corrected chi connectivity index (χ1v) is 16.3. The number of benzene rings is 3. The summed E-state index contributed by atoms with van der Waals surface area (Å²) in [4.78, 5) is 80.5. The van der Waals surface area contributed by atoms with E-state index in [1.165, 1.54) is 23.9 Å². The summed E-state index contributed by atoms with van der Waals surface area (Å²) in [6.07, 6.45) is -1.03. The highest BCUT2D eigenvalue weighted by atomic mass is 32.2. The highest BCUT2D eigenvalue weighted by molar-refractivity contribution is 8.00. The number of aliphatic hydroxyl groups is 1. The molecule has 0 spiro atoms. The number of esters is 1. The second-order valence-corrected chi connectivity index (χ2v) is 12.5. The van der Waals surface area contributed by atoms with E-state index < -0.39 is 65.7 Å². The lowest BCUT2D eigenvalue weighted by Gasteiger charge is -2.49. The van der Waals surface area contributed by atoms with E-state index in [0.29, 0.717) is 11.1 Å². The van der Waals surface area contributed by atoms with Gasteiger partial charge < -0.3 is 20.3 Å². The number of hydrogen-bond acceptors (Lipinski definition) is 9. The molecule has 0 radical (unpaired) electrons. The van der Waals surface area contributed by atoms with Gasteiger partial charge in [0, 0.05) is 12.2 Å². The highest BCUT2D eigenvalue weighted by Crippen LogP contribution is 2.40. The third kappa shape index (κ3) is 6.09. The number of carboxylic acid groups (broad SMARTS) is 1. The number of ether oxygens (including phenoxy) is 1. The van der Waals surface area contributed by atoms with Crippen LogP contribution in [0.25, 0.3) is 0 Å². The van der Waals surface area contributed by atoms with Crippen LogP contribution in [0.1, 0.15) is 57.2 Å². The van der Waals surface area contributed by atoms with Crippen LogP contribution in [0.15, 0.2) is 96.2 Å². The number of imide groups is 1. The Labute approximate surface area is 279 Å². The van der Waals surface area contributed by atoms with Crippen molar-refractivity contribution in [3.05, 3.63) is 118 Å². The van der Waals surface area contributed by atoms with E-state index in [2.05, 4.69) is 5.32 Å². The van der Waals surface area contributed by atoms with Gasteiger partial charge in [-0.2, -0.15) is 0 Å². The van der Waals surface area contributed by atoms with E-state index in [1.807, 2.05) is 36.4 Å². The van der Waals surface area contributed by atoms with Crippen LogP contribution in [0, 0.1) is 0 Å². The topological polar surface area (TPSA) is 171 Å². The van der Waals surface area contributed by atoms with Crippen molar-refractivity contribution in [2.24, 2.45) is 0 Å². The van der Waals surface area contributed by atoms with Gasteiger partial charge in [-0.3, -0.25) is 29.0 Å². The minimum Gasteiger partial charge on any atom is -0.477 e. The maximum atomic E-state index is 14.0. The zero-order chi connectivity index (χ0) is 33.9. The predicted octanol–water partition coefficient (Wildman–Crippen LogP) is 2.89. The van der Waals surface area contributed by atoms with Crippen LogP contribution < -0.4 is 5.32 Å². The van der Waals surface area contributed by atoms with Crippen molar-refractivity contribution in [1.29, 1.82) is 0 Å².